The molecule has 6 heteroatoms. The van der Waals surface area contributed by atoms with E-state index in [2.05, 4.69) is 45.1 Å². The molecule has 0 spiro atoms. The molecule has 4 aromatic rings. The predicted octanol–water partition coefficient (Wildman–Crippen LogP) is 5.36. The van der Waals surface area contributed by atoms with E-state index in [9.17, 15) is 0 Å². The Bertz CT molecular complexity index is 1200. The second-order valence-corrected chi connectivity index (χ2v) is 9.74. The Kier molecular flexibility index (Phi) is 5.04. The fourth-order valence-corrected chi connectivity index (χ4v) is 6.17. The molecule has 0 bridgehead atoms. The number of hydrogen-bond acceptors (Lipinski definition) is 6. The van der Waals surface area contributed by atoms with E-state index < -0.39 is 0 Å². The summed E-state index contributed by atoms with van der Waals surface area (Å²) in [4.78, 5) is 19.3. The molecule has 3 aromatic heterocycles. The summed E-state index contributed by atoms with van der Waals surface area (Å²) in [5.74, 6) is 0. The average molecular weight is 430 g/mol. The zero-order valence-corrected chi connectivity index (χ0v) is 18.5. The number of pyridine rings is 2. The van der Waals surface area contributed by atoms with Crippen LogP contribution in [-0.2, 0) is 0 Å². The molecule has 0 radical (unpaired) electrons. The van der Waals surface area contributed by atoms with Crippen LogP contribution in [0.25, 0.3) is 32.4 Å². The summed E-state index contributed by atoms with van der Waals surface area (Å²) in [6.45, 7) is 4.79. The molecule has 0 atom stereocenters. The normalized spacial score (nSPS) is 18.8. The number of aromatic nitrogens is 3. The summed E-state index contributed by atoms with van der Waals surface area (Å²) < 4.78 is 1.16. The van der Waals surface area contributed by atoms with Crippen LogP contribution < -0.4 is 4.90 Å². The number of rotatable bonds is 3. The van der Waals surface area contributed by atoms with Gasteiger partial charge in [0, 0.05) is 42.5 Å². The fourth-order valence-electron chi connectivity index (χ4n) is 5.15. The minimum absolute atomic E-state index is 0.760. The molecule has 0 unspecified atom stereocenters. The van der Waals surface area contributed by atoms with Crippen LogP contribution in [0.5, 0.6) is 0 Å². The minimum atomic E-state index is 0.760. The van der Waals surface area contributed by atoms with Gasteiger partial charge in [-0.2, -0.15) is 4.98 Å². The summed E-state index contributed by atoms with van der Waals surface area (Å²) in [6, 6.07) is 13.4. The molecule has 0 N–H and O–H groups in total. The lowest BCUT2D eigenvalue weighted by Crippen LogP contribution is -2.46. The van der Waals surface area contributed by atoms with Crippen LogP contribution in [0.15, 0.2) is 48.8 Å². The van der Waals surface area contributed by atoms with Crippen LogP contribution in [-0.4, -0.2) is 52.1 Å². The van der Waals surface area contributed by atoms with Gasteiger partial charge in [0.2, 0.25) is 0 Å². The Morgan fingerprint density at radius 2 is 1.77 bits per heavy atom. The van der Waals surface area contributed by atoms with Gasteiger partial charge in [0.25, 0.3) is 0 Å². The van der Waals surface area contributed by atoms with Gasteiger partial charge < -0.3 is 9.80 Å². The Hall–Kier alpha value is -2.57. The highest BCUT2D eigenvalue weighted by Crippen LogP contribution is 2.34. The van der Waals surface area contributed by atoms with E-state index in [0.29, 0.717) is 0 Å². The van der Waals surface area contributed by atoms with E-state index in [0.717, 1.165) is 51.1 Å². The molecule has 2 aliphatic rings. The lowest BCUT2D eigenvalue weighted by atomic mass is 10.0. The molecule has 158 valence electrons. The summed E-state index contributed by atoms with van der Waals surface area (Å²) in [5, 5.41) is 2.28. The van der Waals surface area contributed by atoms with Crippen molar-refractivity contribution in [3.05, 3.63) is 48.8 Å². The number of likely N-dealkylation sites (tertiary alicyclic amines) is 1. The van der Waals surface area contributed by atoms with Crippen molar-refractivity contribution < 1.29 is 0 Å². The van der Waals surface area contributed by atoms with E-state index in [1.807, 2.05) is 18.5 Å². The van der Waals surface area contributed by atoms with Crippen LogP contribution in [0.3, 0.4) is 0 Å². The number of thiazole rings is 1. The molecule has 0 aliphatic carbocycles. The Morgan fingerprint density at radius 3 is 2.65 bits per heavy atom. The lowest BCUT2D eigenvalue weighted by molar-refractivity contribution is 0.141. The largest absolute Gasteiger partial charge is 0.348 e. The van der Waals surface area contributed by atoms with E-state index in [4.69, 9.17) is 9.97 Å². The first kappa shape index (κ1) is 19.1. The van der Waals surface area contributed by atoms with Gasteiger partial charge in [0.15, 0.2) is 10.8 Å². The number of anilines is 1. The van der Waals surface area contributed by atoms with Crippen molar-refractivity contribution in [1.82, 2.24) is 19.9 Å². The van der Waals surface area contributed by atoms with Crippen LogP contribution in [0, 0.1) is 0 Å². The molecule has 2 fully saturated rings. The Morgan fingerprint density at radius 1 is 0.903 bits per heavy atom. The average Bonchev–Trinajstić information content (AvgIpc) is 3.28. The van der Waals surface area contributed by atoms with Crippen molar-refractivity contribution in [3.63, 3.8) is 0 Å². The van der Waals surface area contributed by atoms with E-state index in [-0.39, 0.29) is 0 Å². The van der Waals surface area contributed by atoms with Crippen molar-refractivity contribution in [2.75, 3.05) is 31.1 Å². The minimum Gasteiger partial charge on any atom is -0.348 e. The van der Waals surface area contributed by atoms with Crippen LogP contribution >= 0.6 is 11.3 Å². The second-order valence-electron chi connectivity index (χ2n) is 8.73. The molecule has 31 heavy (non-hydrogen) atoms. The number of benzene rings is 1. The van der Waals surface area contributed by atoms with Gasteiger partial charge in [0.05, 0.1) is 10.2 Å². The summed E-state index contributed by atoms with van der Waals surface area (Å²) >= 11 is 1.78. The number of fused-ring (bicyclic) bond motifs is 2. The summed E-state index contributed by atoms with van der Waals surface area (Å²) in [5.41, 5.74) is 4.18. The third-order valence-corrected chi connectivity index (χ3v) is 7.89. The summed E-state index contributed by atoms with van der Waals surface area (Å²) in [6.07, 6.45) is 10.5. The molecule has 5 heterocycles. The van der Waals surface area contributed by atoms with Gasteiger partial charge in [-0.15, -0.1) is 0 Å². The van der Waals surface area contributed by atoms with Crippen molar-refractivity contribution in [2.24, 2.45) is 0 Å². The highest BCUT2D eigenvalue weighted by Gasteiger charge is 2.27. The van der Waals surface area contributed by atoms with Crippen LogP contribution in [0.1, 0.15) is 32.1 Å². The first-order valence-electron chi connectivity index (χ1n) is 11.4. The van der Waals surface area contributed by atoms with Gasteiger partial charge in [-0.25, -0.2) is 4.98 Å². The van der Waals surface area contributed by atoms with Crippen molar-refractivity contribution in [2.45, 2.75) is 38.1 Å². The van der Waals surface area contributed by atoms with Gasteiger partial charge in [0.1, 0.15) is 0 Å². The zero-order chi connectivity index (χ0) is 20.6. The molecule has 5 nitrogen and oxygen atoms in total. The smallest absolute Gasteiger partial charge is 0.188 e. The fraction of sp³-hybridized carbons (Fsp3) is 0.400. The topological polar surface area (TPSA) is 45.2 Å². The van der Waals surface area contributed by atoms with Gasteiger partial charge >= 0.3 is 0 Å². The first-order chi connectivity index (χ1) is 15.3. The standard InChI is InChI=1S/C25H27N5S/c1-2-12-29(13-3-1)19-9-14-30(15-10-19)25-28-24-23(31-25)16-18(17-27-24)20-6-4-8-22-21(20)7-5-11-26-22/h4-8,11,16-17,19H,1-3,9-10,12-15H2. The van der Waals surface area contributed by atoms with Gasteiger partial charge in [-0.05, 0) is 62.5 Å². The van der Waals surface area contributed by atoms with E-state index in [1.165, 1.54) is 50.8 Å². The maximum absolute atomic E-state index is 4.88. The van der Waals surface area contributed by atoms with Crippen molar-refractivity contribution in [1.29, 1.82) is 0 Å². The SMILES string of the molecule is c1cc(-c2cnc3nc(N4CCC(N5CCCCC5)CC4)sc3c2)c2cccnc2c1. The quantitative estimate of drug-likeness (QED) is 0.439. The van der Waals surface area contributed by atoms with E-state index >= 15 is 0 Å². The number of hydrogen-bond donors (Lipinski definition) is 0. The molecule has 6 rings (SSSR count). The molecule has 2 aliphatic heterocycles. The maximum atomic E-state index is 4.88. The molecule has 0 saturated carbocycles. The highest BCUT2D eigenvalue weighted by atomic mass is 32.1. The molecular weight excluding hydrogens is 402 g/mol. The third kappa shape index (κ3) is 3.68. The predicted molar refractivity (Wildman–Crippen MR) is 129 cm³/mol. The van der Waals surface area contributed by atoms with Gasteiger partial charge in [-0.3, -0.25) is 4.98 Å². The van der Waals surface area contributed by atoms with Crippen molar-refractivity contribution >= 4 is 37.7 Å². The molecule has 0 amide bonds. The first-order valence-corrected chi connectivity index (χ1v) is 12.3. The highest BCUT2D eigenvalue weighted by molar-refractivity contribution is 7.22. The molecule has 1 aromatic carbocycles. The summed E-state index contributed by atoms with van der Waals surface area (Å²) in [7, 11) is 0. The number of nitrogens with zero attached hydrogens (tertiary/aromatic N) is 5. The Balaban J connectivity index is 1.24. The van der Waals surface area contributed by atoms with Gasteiger partial charge in [-0.1, -0.05) is 36.0 Å². The lowest BCUT2D eigenvalue weighted by Gasteiger charge is -2.40. The molecular formula is C25H27N5S. The van der Waals surface area contributed by atoms with Crippen LogP contribution in [0.2, 0.25) is 0 Å². The zero-order valence-electron chi connectivity index (χ0n) is 17.7. The maximum Gasteiger partial charge on any atom is 0.188 e. The Labute approximate surface area is 186 Å². The second kappa shape index (κ2) is 8.17. The van der Waals surface area contributed by atoms with E-state index in [1.54, 1.807) is 11.3 Å². The van der Waals surface area contributed by atoms with Crippen molar-refractivity contribution in [3.8, 4) is 11.1 Å². The number of piperidine rings is 2. The third-order valence-electron chi connectivity index (χ3n) is 6.83. The monoisotopic (exact) mass is 429 g/mol. The van der Waals surface area contributed by atoms with Crippen LogP contribution in [0.4, 0.5) is 5.13 Å². The molecule has 2 saturated heterocycles.